The van der Waals surface area contributed by atoms with Crippen LogP contribution in [0.25, 0.3) is 17.0 Å². The van der Waals surface area contributed by atoms with Gasteiger partial charge in [-0.25, -0.2) is 0 Å². The number of aromatic nitrogens is 2. The van der Waals surface area contributed by atoms with Gasteiger partial charge >= 0.3 is 5.97 Å². The number of fused-ring (bicyclic) bond motifs is 1. The van der Waals surface area contributed by atoms with Gasteiger partial charge in [0.1, 0.15) is 0 Å². The van der Waals surface area contributed by atoms with E-state index in [9.17, 15) is 4.79 Å². The summed E-state index contributed by atoms with van der Waals surface area (Å²) in [5.41, 5.74) is 2.41. The van der Waals surface area contributed by atoms with Crippen LogP contribution in [-0.4, -0.2) is 58.5 Å². The molecule has 0 unspecified atom stereocenters. The number of likely N-dealkylation sites (tertiary alicyclic amines) is 1. The van der Waals surface area contributed by atoms with Crippen molar-refractivity contribution in [2.75, 3.05) is 32.7 Å². The summed E-state index contributed by atoms with van der Waals surface area (Å²) in [6.45, 7) is 4.00. The molecule has 6 heteroatoms. The number of aliphatic carboxylic acids is 1. The molecule has 0 radical (unpaired) electrons. The molecule has 1 aromatic carbocycles. The molecule has 27 heavy (non-hydrogen) atoms. The topological polar surface area (TPSA) is 70.4 Å². The Hall–Kier alpha value is -2.18. The molecule has 0 aliphatic carbocycles. The highest BCUT2D eigenvalue weighted by atomic mass is 16.4. The summed E-state index contributed by atoms with van der Waals surface area (Å²) in [5, 5.41) is 18.2. The first kappa shape index (κ1) is 18.2. The van der Waals surface area contributed by atoms with Crippen molar-refractivity contribution >= 4 is 22.9 Å². The van der Waals surface area contributed by atoms with Gasteiger partial charge in [0, 0.05) is 18.5 Å². The summed E-state index contributed by atoms with van der Waals surface area (Å²) in [4.78, 5) is 12.9. The zero-order valence-corrected chi connectivity index (χ0v) is 15.7. The first-order valence-electron chi connectivity index (χ1n) is 9.99. The van der Waals surface area contributed by atoms with Crippen LogP contribution in [0.2, 0.25) is 0 Å². The van der Waals surface area contributed by atoms with Crippen LogP contribution in [0.1, 0.15) is 37.3 Å². The van der Waals surface area contributed by atoms with Crippen LogP contribution in [0, 0.1) is 5.92 Å². The van der Waals surface area contributed by atoms with E-state index < -0.39 is 5.97 Å². The van der Waals surface area contributed by atoms with Crippen LogP contribution < -0.4 is 5.32 Å². The number of piperidine rings is 2. The molecule has 2 saturated heterocycles. The van der Waals surface area contributed by atoms with E-state index in [1.807, 2.05) is 11.1 Å². The SMILES string of the molecule is O=C(O)CN1CCC(n2ncc3cc(C=CC4CCNCC4)ccc32)CC1. The summed E-state index contributed by atoms with van der Waals surface area (Å²) < 4.78 is 2.13. The normalized spacial score (nSPS) is 20.6. The lowest BCUT2D eigenvalue weighted by molar-refractivity contribution is -0.138. The molecule has 2 aromatic rings. The minimum absolute atomic E-state index is 0.138. The Morgan fingerprint density at radius 3 is 2.74 bits per heavy atom. The third-order valence-electron chi connectivity index (χ3n) is 5.83. The predicted molar refractivity (Wildman–Crippen MR) is 107 cm³/mol. The summed E-state index contributed by atoms with van der Waals surface area (Å²) >= 11 is 0. The van der Waals surface area contributed by atoms with E-state index >= 15 is 0 Å². The van der Waals surface area contributed by atoms with Crippen molar-refractivity contribution < 1.29 is 9.90 Å². The van der Waals surface area contributed by atoms with Crippen molar-refractivity contribution in [3.8, 4) is 0 Å². The van der Waals surface area contributed by atoms with Gasteiger partial charge in [-0.05, 0) is 62.4 Å². The first-order chi connectivity index (χ1) is 13.2. The number of rotatable bonds is 5. The van der Waals surface area contributed by atoms with Crippen molar-refractivity contribution in [2.45, 2.75) is 31.7 Å². The van der Waals surface area contributed by atoms with Gasteiger partial charge in [-0.1, -0.05) is 18.2 Å². The number of carbonyl (C=O) groups is 1. The predicted octanol–water partition coefficient (Wildman–Crippen LogP) is 2.77. The molecule has 2 fully saturated rings. The molecule has 3 heterocycles. The Balaban J connectivity index is 1.43. The van der Waals surface area contributed by atoms with Gasteiger partial charge in [0.25, 0.3) is 0 Å². The van der Waals surface area contributed by atoms with E-state index in [1.165, 1.54) is 29.3 Å². The van der Waals surface area contributed by atoms with Crippen molar-refractivity contribution in [1.82, 2.24) is 20.0 Å². The largest absolute Gasteiger partial charge is 0.480 e. The number of hydrogen-bond donors (Lipinski definition) is 2. The number of hydrogen-bond acceptors (Lipinski definition) is 4. The maximum absolute atomic E-state index is 10.9. The standard InChI is InChI=1S/C21H28N4O2/c26-21(27)15-24-11-7-19(8-12-24)25-20-4-3-17(13-18(20)14-23-25)2-1-16-5-9-22-10-6-16/h1-4,13-14,16,19,22H,5-12,15H2,(H,26,27). The fourth-order valence-corrected chi connectivity index (χ4v) is 4.26. The molecule has 0 atom stereocenters. The lowest BCUT2D eigenvalue weighted by Gasteiger charge is -2.31. The Bertz CT molecular complexity index is 815. The van der Waals surface area contributed by atoms with Gasteiger partial charge in [0.05, 0.1) is 24.3 Å². The van der Waals surface area contributed by atoms with Gasteiger partial charge in [-0.2, -0.15) is 5.10 Å². The lowest BCUT2D eigenvalue weighted by atomic mass is 9.97. The minimum Gasteiger partial charge on any atom is -0.480 e. The molecule has 2 aliphatic rings. The molecule has 2 aliphatic heterocycles. The first-order valence-corrected chi connectivity index (χ1v) is 9.99. The van der Waals surface area contributed by atoms with Crippen LogP contribution in [0.3, 0.4) is 0 Å². The summed E-state index contributed by atoms with van der Waals surface area (Å²) in [6, 6.07) is 6.92. The van der Waals surface area contributed by atoms with Gasteiger partial charge in [0.15, 0.2) is 0 Å². The van der Waals surface area contributed by atoms with E-state index in [2.05, 4.69) is 45.4 Å². The maximum Gasteiger partial charge on any atom is 0.317 e. The Kier molecular flexibility index (Phi) is 5.55. The van der Waals surface area contributed by atoms with Crippen LogP contribution in [0.4, 0.5) is 0 Å². The maximum atomic E-state index is 10.9. The number of benzene rings is 1. The number of nitrogens with zero attached hydrogens (tertiary/aromatic N) is 3. The number of nitrogens with one attached hydrogen (secondary N) is 1. The summed E-state index contributed by atoms with van der Waals surface area (Å²) in [5.74, 6) is -0.0660. The monoisotopic (exact) mass is 368 g/mol. The molecule has 0 bridgehead atoms. The molecule has 0 amide bonds. The third-order valence-corrected chi connectivity index (χ3v) is 5.83. The van der Waals surface area contributed by atoms with Gasteiger partial charge < -0.3 is 10.4 Å². The van der Waals surface area contributed by atoms with Gasteiger partial charge in [-0.3, -0.25) is 14.4 Å². The van der Waals surface area contributed by atoms with Crippen molar-refractivity contribution in [3.05, 3.63) is 36.0 Å². The molecule has 0 saturated carbocycles. The number of allylic oxidation sites excluding steroid dienone is 1. The molecular weight excluding hydrogens is 340 g/mol. The Morgan fingerprint density at radius 1 is 1.22 bits per heavy atom. The highest BCUT2D eigenvalue weighted by molar-refractivity contribution is 5.81. The number of carboxylic acids is 1. The molecular formula is C21H28N4O2. The fraction of sp³-hybridized carbons (Fsp3) is 0.524. The van der Waals surface area contributed by atoms with E-state index in [-0.39, 0.29) is 6.54 Å². The van der Waals surface area contributed by atoms with Gasteiger partial charge in [0.2, 0.25) is 0 Å². The molecule has 6 nitrogen and oxygen atoms in total. The van der Waals surface area contributed by atoms with E-state index in [1.54, 1.807) is 0 Å². The van der Waals surface area contributed by atoms with E-state index in [0.29, 0.717) is 12.0 Å². The number of carboxylic acid groups (broad SMARTS) is 1. The fourth-order valence-electron chi connectivity index (χ4n) is 4.26. The lowest BCUT2D eigenvalue weighted by Crippen LogP contribution is -2.38. The van der Waals surface area contributed by atoms with Crippen LogP contribution >= 0.6 is 0 Å². The highest BCUT2D eigenvalue weighted by Crippen LogP contribution is 2.27. The second-order valence-corrected chi connectivity index (χ2v) is 7.75. The molecule has 0 spiro atoms. The van der Waals surface area contributed by atoms with Gasteiger partial charge in [-0.15, -0.1) is 0 Å². The summed E-state index contributed by atoms with van der Waals surface area (Å²) in [6.07, 6.45) is 10.9. The zero-order chi connectivity index (χ0) is 18.6. The van der Waals surface area contributed by atoms with Crippen LogP contribution in [0.5, 0.6) is 0 Å². The zero-order valence-electron chi connectivity index (χ0n) is 15.7. The molecule has 1 aromatic heterocycles. The van der Waals surface area contributed by atoms with Crippen LogP contribution in [0.15, 0.2) is 30.5 Å². The minimum atomic E-state index is -0.747. The average molecular weight is 368 g/mol. The highest BCUT2D eigenvalue weighted by Gasteiger charge is 2.23. The Labute approximate surface area is 159 Å². The smallest absolute Gasteiger partial charge is 0.317 e. The third kappa shape index (κ3) is 4.39. The molecule has 2 N–H and O–H groups in total. The quantitative estimate of drug-likeness (QED) is 0.849. The van der Waals surface area contributed by atoms with E-state index in [0.717, 1.165) is 39.0 Å². The van der Waals surface area contributed by atoms with Crippen molar-refractivity contribution in [2.24, 2.45) is 5.92 Å². The Morgan fingerprint density at radius 2 is 2.00 bits per heavy atom. The average Bonchev–Trinajstić information content (AvgIpc) is 3.10. The second-order valence-electron chi connectivity index (χ2n) is 7.75. The summed E-state index contributed by atoms with van der Waals surface area (Å²) in [7, 11) is 0. The van der Waals surface area contributed by atoms with E-state index in [4.69, 9.17) is 5.11 Å². The molecule has 4 rings (SSSR count). The van der Waals surface area contributed by atoms with Crippen molar-refractivity contribution in [3.63, 3.8) is 0 Å². The second kappa shape index (κ2) is 8.23. The van der Waals surface area contributed by atoms with Crippen molar-refractivity contribution in [1.29, 1.82) is 0 Å². The molecule has 144 valence electrons. The van der Waals surface area contributed by atoms with Crippen LogP contribution in [-0.2, 0) is 4.79 Å².